The Kier molecular flexibility index (Phi) is 5.50. The Balaban J connectivity index is 2.51. The molecule has 0 saturated carbocycles. The molecule has 1 atom stereocenters. The molecule has 9 heteroatoms. The van der Waals surface area contributed by atoms with Gasteiger partial charge in [-0.2, -0.15) is 13.2 Å². The van der Waals surface area contributed by atoms with Crippen LogP contribution in [0.4, 0.5) is 22.0 Å². The standard InChI is InChI=1S/C14H16ClF5N2O/c15-11-9(2-1-3-10(11)14(18,19)20)12(13(16,17)8-23)22-6-4-21-5-7-22/h1-3,12,21,23H,4-8H2/t12-/m1/s1. The third kappa shape index (κ3) is 3.93. The lowest BCUT2D eigenvalue weighted by Crippen LogP contribution is -2.51. The second-order valence-corrected chi connectivity index (χ2v) is 5.69. The summed E-state index contributed by atoms with van der Waals surface area (Å²) in [5.41, 5.74) is -1.49. The third-order valence-electron chi connectivity index (χ3n) is 3.76. The highest BCUT2D eigenvalue weighted by Gasteiger charge is 2.46. The summed E-state index contributed by atoms with van der Waals surface area (Å²) in [5.74, 6) is -3.62. The molecule has 2 rings (SSSR count). The van der Waals surface area contributed by atoms with Crippen LogP contribution in [-0.4, -0.2) is 48.7 Å². The summed E-state index contributed by atoms with van der Waals surface area (Å²) in [6.45, 7) is -0.197. The predicted octanol–water partition coefficient (Wildman–Crippen LogP) is 2.93. The molecule has 0 unspecified atom stereocenters. The maximum Gasteiger partial charge on any atom is 0.417 e. The van der Waals surface area contributed by atoms with Crippen LogP contribution >= 0.6 is 11.6 Å². The van der Waals surface area contributed by atoms with Gasteiger partial charge in [0.05, 0.1) is 10.6 Å². The van der Waals surface area contributed by atoms with Crippen LogP contribution in [0, 0.1) is 0 Å². The number of hydrogen-bond donors (Lipinski definition) is 2. The Hall–Kier alpha value is -0.960. The van der Waals surface area contributed by atoms with Crippen molar-refractivity contribution in [3.8, 4) is 0 Å². The minimum atomic E-state index is -4.74. The first kappa shape index (κ1) is 18.4. The Labute approximate surface area is 135 Å². The summed E-state index contributed by atoms with van der Waals surface area (Å²) in [7, 11) is 0. The van der Waals surface area contributed by atoms with E-state index in [0.717, 1.165) is 18.2 Å². The highest BCUT2D eigenvalue weighted by Crippen LogP contribution is 2.43. The van der Waals surface area contributed by atoms with Gasteiger partial charge >= 0.3 is 6.18 Å². The zero-order chi connectivity index (χ0) is 17.3. The van der Waals surface area contributed by atoms with E-state index in [1.165, 1.54) is 4.90 Å². The van der Waals surface area contributed by atoms with Crippen molar-refractivity contribution in [2.24, 2.45) is 0 Å². The minimum Gasteiger partial charge on any atom is -0.390 e. The van der Waals surface area contributed by atoms with Crippen molar-refractivity contribution in [2.75, 3.05) is 32.8 Å². The number of piperazine rings is 1. The minimum absolute atomic E-state index is 0.215. The Morgan fingerprint density at radius 3 is 2.30 bits per heavy atom. The van der Waals surface area contributed by atoms with Gasteiger partial charge in [-0.15, -0.1) is 0 Å². The number of nitrogens with zero attached hydrogens (tertiary/aromatic N) is 1. The number of benzene rings is 1. The van der Waals surface area contributed by atoms with E-state index in [-0.39, 0.29) is 18.7 Å². The third-order valence-corrected chi connectivity index (χ3v) is 4.18. The van der Waals surface area contributed by atoms with E-state index in [2.05, 4.69) is 5.32 Å². The summed E-state index contributed by atoms with van der Waals surface area (Å²) in [5, 5.41) is 11.2. The van der Waals surface area contributed by atoms with Crippen molar-refractivity contribution in [3.05, 3.63) is 34.3 Å². The van der Waals surface area contributed by atoms with Crippen molar-refractivity contribution in [1.29, 1.82) is 0 Å². The van der Waals surface area contributed by atoms with Gasteiger partial charge in [0.2, 0.25) is 0 Å². The van der Waals surface area contributed by atoms with Gasteiger partial charge < -0.3 is 10.4 Å². The van der Waals surface area contributed by atoms with E-state index in [0.29, 0.717) is 13.1 Å². The lowest BCUT2D eigenvalue weighted by Gasteiger charge is -2.39. The molecule has 1 aromatic rings. The number of halogens is 6. The molecular formula is C14H16ClF5N2O. The molecule has 1 fully saturated rings. The average Bonchev–Trinajstić information content (AvgIpc) is 2.49. The first-order valence-electron chi connectivity index (χ1n) is 6.97. The molecule has 0 radical (unpaired) electrons. The first-order valence-corrected chi connectivity index (χ1v) is 7.35. The van der Waals surface area contributed by atoms with E-state index in [1.54, 1.807) is 0 Å². The summed E-state index contributed by atoms with van der Waals surface area (Å²) in [6.07, 6.45) is -4.74. The largest absolute Gasteiger partial charge is 0.417 e. The zero-order valence-electron chi connectivity index (χ0n) is 12.0. The van der Waals surface area contributed by atoms with Gasteiger partial charge in [0.15, 0.2) is 0 Å². The first-order chi connectivity index (χ1) is 10.7. The van der Waals surface area contributed by atoms with Gasteiger partial charge in [-0.05, 0) is 11.6 Å². The van der Waals surface area contributed by atoms with E-state index >= 15 is 0 Å². The molecular weight excluding hydrogens is 343 g/mol. The van der Waals surface area contributed by atoms with E-state index in [4.69, 9.17) is 16.7 Å². The van der Waals surface area contributed by atoms with Crippen LogP contribution in [0.5, 0.6) is 0 Å². The van der Waals surface area contributed by atoms with E-state index in [9.17, 15) is 22.0 Å². The van der Waals surface area contributed by atoms with E-state index < -0.39 is 35.3 Å². The predicted molar refractivity (Wildman–Crippen MR) is 75.7 cm³/mol. The van der Waals surface area contributed by atoms with Crippen LogP contribution in [-0.2, 0) is 6.18 Å². The highest BCUT2D eigenvalue weighted by atomic mass is 35.5. The van der Waals surface area contributed by atoms with Crippen LogP contribution < -0.4 is 5.32 Å². The molecule has 3 nitrogen and oxygen atoms in total. The topological polar surface area (TPSA) is 35.5 Å². The van der Waals surface area contributed by atoms with E-state index in [1.807, 2.05) is 0 Å². The highest BCUT2D eigenvalue weighted by molar-refractivity contribution is 6.32. The maximum absolute atomic E-state index is 14.2. The number of aliphatic hydroxyl groups is 1. The van der Waals surface area contributed by atoms with Crippen LogP contribution in [0.2, 0.25) is 5.02 Å². The van der Waals surface area contributed by atoms with Gasteiger partial charge in [0.25, 0.3) is 5.92 Å². The molecule has 2 N–H and O–H groups in total. The molecule has 0 aromatic heterocycles. The zero-order valence-corrected chi connectivity index (χ0v) is 12.8. The number of alkyl halides is 5. The molecule has 23 heavy (non-hydrogen) atoms. The van der Waals surface area contributed by atoms with Gasteiger partial charge in [0.1, 0.15) is 12.6 Å². The van der Waals surface area contributed by atoms with Crippen molar-refractivity contribution in [1.82, 2.24) is 10.2 Å². The van der Waals surface area contributed by atoms with Crippen LogP contribution in [0.25, 0.3) is 0 Å². The fourth-order valence-electron chi connectivity index (χ4n) is 2.70. The SMILES string of the molecule is OCC(F)(F)[C@@H](c1cccc(C(F)(F)F)c1Cl)N1CCNCC1. The van der Waals surface area contributed by atoms with Crippen LogP contribution in [0.15, 0.2) is 18.2 Å². The maximum atomic E-state index is 14.2. The Morgan fingerprint density at radius 1 is 1.17 bits per heavy atom. The molecule has 1 heterocycles. The summed E-state index contributed by atoms with van der Waals surface area (Å²) in [6, 6.07) is 1.22. The molecule has 1 aliphatic rings. The van der Waals surface area contributed by atoms with Gasteiger partial charge in [-0.1, -0.05) is 23.7 Å². The van der Waals surface area contributed by atoms with Crippen molar-refractivity contribution < 1.29 is 27.1 Å². The molecule has 1 aliphatic heterocycles. The lowest BCUT2D eigenvalue weighted by atomic mass is 9.96. The number of nitrogens with one attached hydrogen (secondary N) is 1. The Morgan fingerprint density at radius 2 is 1.78 bits per heavy atom. The fourth-order valence-corrected chi connectivity index (χ4v) is 3.03. The number of aliphatic hydroxyl groups excluding tert-OH is 1. The van der Waals surface area contributed by atoms with Crippen molar-refractivity contribution in [2.45, 2.75) is 18.1 Å². The quantitative estimate of drug-likeness (QED) is 0.812. The second-order valence-electron chi connectivity index (χ2n) is 5.31. The normalized spacial score (nSPS) is 18.9. The monoisotopic (exact) mass is 358 g/mol. The molecule has 0 amide bonds. The Bertz CT molecular complexity index is 546. The van der Waals surface area contributed by atoms with Crippen LogP contribution in [0.3, 0.4) is 0 Å². The molecule has 1 aromatic carbocycles. The molecule has 1 saturated heterocycles. The second kappa shape index (κ2) is 6.88. The molecule has 0 bridgehead atoms. The average molecular weight is 359 g/mol. The molecule has 0 aliphatic carbocycles. The van der Waals surface area contributed by atoms with Crippen molar-refractivity contribution in [3.63, 3.8) is 0 Å². The summed E-state index contributed by atoms with van der Waals surface area (Å²) < 4.78 is 67.4. The summed E-state index contributed by atoms with van der Waals surface area (Å²) >= 11 is 5.79. The molecule has 0 spiro atoms. The van der Waals surface area contributed by atoms with Crippen molar-refractivity contribution >= 4 is 11.6 Å². The lowest BCUT2D eigenvalue weighted by molar-refractivity contribution is -0.138. The summed E-state index contributed by atoms with van der Waals surface area (Å²) in [4.78, 5) is 1.34. The molecule has 130 valence electrons. The smallest absolute Gasteiger partial charge is 0.390 e. The number of hydrogen-bond acceptors (Lipinski definition) is 3. The fraction of sp³-hybridized carbons (Fsp3) is 0.571. The van der Waals surface area contributed by atoms with Gasteiger partial charge in [0, 0.05) is 26.2 Å². The van der Waals surface area contributed by atoms with Gasteiger partial charge in [-0.25, -0.2) is 8.78 Å². The number of rotatable bonds is 4. The van der Waals surface area contributed by atoms with Crippen LogP contribution in [0.1, 0.15) is 17.2 Å². The van der Waals surface area contributed by atoms with Gasteiger partial charge in [-0.3, -0.25) is 4.90 Å².